The van der Waals surface area contributed by atoms with Gasteiger partial charge in [0.05, 0.1) is 10.9 Å². The summed E-state index contributed by atoms with van der Waals surface area (Å²) in [6.07, 6.45) is 0. The summed E-state index contributed by atoms with van der Waals surface area (Å²) < 4.78 is 19.2. The number of hydrogen-bond donors (Lipinski definition) is 1. The third-order valence-electron chi connectivity index (χ3n) is 5.19. The lowest BCUT2D eigenvalue weighted by molar-refractivity contribution is 0.102. The Hall–Kier alpha value is -4.25. The lowest BCUT2D eigenvalue weighted by atomic mass is 9.97. The third-order valence-corrected chi connectivity index (χ3v) is 5.19. The van der Waals surface area contributed by atoms with Gasteiger partial charge in [0, 0.05) is 5.56 Å². The summed E-state index contributed by atoms with van der Waals surface area (Å²) in [5.41, 5.74) is 1.30. The Labute approximate surface area is 176 Å². The molecular formula is C26H16FNO3. The second kappa shape index (κ2) is 7.54. The molecule has 4 nitrogen and oxygen atoms in total. The van der Waals surface area contributed by atoms with Gasteiger partial charge in [0.15, 0.2) is 0 Å². The van der Waals surface area contributed by atoms with E-state index in [1.54, 1.807) is 24.3 Å². The molecule has 0 radical (unpaired) electrons. The Morgan fingerprint density at radius 2 is 1.45 bits per heavy atom. The number of benzene rings is 4. The van der Waals surface area contributed by atoms with Crippen LogP contribution in [0.4, 0.5) is 10.3 Å². The Morgan fingerprint density at radius 1 is 0.774 bits per heavy atom. The van der Waals surface area contributed by atoms with E-state index in [-0.39, 0.29) is 22.4 Å². The van der Waals surface area contributed by atoms with Crippen molar-refractivity contribution in [2.75, 3.05) is 5.32 Å². The molecule has 4 aromatic carbocycles. The first-order valence-corrected chi connectivity index (χ1v) is 9.73. The average molecular weight is 409 g/mol. The van der Waals surface area contributed by atoms with Crippen molar-refractivity contribution in [2.45, 2.75) is 0 Å². The Balaban J connectivity index is 1.75. The van der Waals surface area contributed by atoms with Crippen molar-refractivity contribution in [2.24, 2.45) is 0 Å². The van der Waals surface area contributed by atoms with Gasteiger partial charge in [-0.3, -0.25) is 14.9 Å². The number of carbonyl (C=O) groups is 1. The van der Waals surface area contributed by atoms with Gasteiger partial charge in [-0.05, 0) is 52.7 Å². The lowest BCUT2D eigenvalue weighted by Gasteiger charge is -2.13. The fourth-order valence-electron chi connectivity index (χ4n) is 3.69. The molecule has 0 aliphatic rings. The third kappa shape index (κ3) is 3.36. The number of fused-ring (bicyclic) bond motifs is 2. The van der Waals surface area contributed by atoms with Gasteiger partial charge in [-0.25, -0.2) is 4.39 Å². The van der Waals surface area contributed by atoms with Crippen LogP contribution in [0.25, 0.3) is 32.9 Å². The summed E-state index contributed by atoms with van der Waals surface area (Å²) in [6.45, 7) is 0. The molecule has 1 amide bonds. The number of para-hydroxylation sites is 1. The molecule has 1 aromatic heterocycles. The van der Waals surface area contributed by atoms with Crippen molar-refractivity contribution in [3.8, 4) is 11.1 Å². The molecule has 5 rings (SSSR count). The molecule has 0 unspecified atom stereocenters. The van der Waals surface area contributed by atoms with E-state index in [2.05, 4.69) is 5.32 Å². The molecular weight excluding hydrogens is 393 g/mol. The Bertz CT molecular complexity index is 1500. The number of amides is 1. The molecule has 150 valence electrons. The van der Waals surface area contributed by atoms with E-state index < -0.39 is 11.7 Å². The van der Waals surface area contributed by atoms with Crippen LogP contribution in [-0.2, 0) is 0 Å². The van der Waals surface area contributed by atoms with Crippen LogP contribution < -0.4 is 10.7 Å². The Kier molecular flexibility index (Phi) is 4.56. The molecule has 0 saturated carbocycles. The first kappa shape index (κ1) is 18.8. The van der Waals surface area contributed by atoms with E-state index in [1.165, 1.54) is 24.3 Å². The minimum absolute atomic E-state index is 0.0504. The second-order valence-electron chi connectivity index (χ2n) is 7.12. The first-order valence-electron chi connectivity index (χ1n) is 9.73. The molecule has 0 spiro atoms. The number of halogens is 1. The zero-order valence-corrected chi connectivity index (χ0v) is 16.3. The van der Waals surface area contributed by atoms with E-state index in [0.717, 1.165) is 10.8 Å². The zero-order valence-electron chi connectivity index (χ0n) is 16.3. The normalized spacial score (nSPS) is 11.0. The second-order valence-corrected chi connectivity index (χ2v) is 7.12. The van der Waals surface area contributed by atoms with Gasteiger partial charge >= 0.3 is 0 Å². The van der Waals surface area contributed by atoms with Crippen LogP contribution in [0.15, 0.2) is 100 Å². The number of anilines is 1. The fraction of sp³-hybridized carbons (Fsp3) is 0. The molecule has 0 fully saturated rings. The van der Waals surface area contributed by atoms with Crippen molar-refractivity contribution >= 4 is 33.5 Å². The van der Waals surface area contributed by atoms with Crippen molar-refractivity contribution < 1.29 is 13.6 Å². The van der Waals surface area contributed by atoms with Crippen LogP contribution in [0.3, 0.4) is 0 Å². The SMILES string of the molecule is O=C(Nc1oc2ccccc2c(=O)c1-c1cccc2ccccc12)c1ccc(F)cc1. The molecule has 1 heterocycles. The van der Waals surface area contributed by atoms with Crippen LogP contribution in [0.5, 0.6) is 0 Å². The maximum atomic E-state index is 13.5. The molecule has 5 heteroatoms. The molecule has 0 saturated heterocycles. The standard InChI is InChI=1S/C26H16FNO3/c27-18-14-12-17(13-15-18)25(30)28-26-23(24(29)21-9-3-4-11-22(21)31-26)20-10-5-7-16-6-1-2-8-19(16)20/h1-15H,(H,28,30). The van der Waals surface area contributed by atoms with Gasteiger partial charge in [-0.1, -0.05) is 54.6 Å². The van der Waals surface area contributed by atoms with Gasteiger partial charge in [-0.15, -0.1) is 0 Å². The summed E-state index contributed by atoms with van der Waals surface area (Å²) >= 11 is 0. The van der Waals surface area contributed by atoms with Crippen molar-refractivity contribution in [3.63, 3.8) is 0 Å². The first-order chi connectivity index (χ1) is 15.1. The van der Waals surface area contributed by atoms with E-state index >= 15 is 0 Å². The highest BCUT2D eigenvalue weighted by Crippen LogP contribution is 2.33. The van der Waals surface area contributed by atoms with Crippen molar-refractivity contribution in [3.05, 3.63) is 113 Å². The van der Waals surface area contributed by atoms with Gasteiger partial charge in [0.1, 0.15) is 11.4 Å². The highest BCUT2D eigenvalue weighted by molar-refractivity contribution is 6.08. The molecule has 0 aliphatic carbocycles. The van der Waals surface area contributed by atoms with Crippen LogP contribution in [0.2, 0.25) is 0 Å². The highest BCUT2D eigenvalue weighted by Gasteiger charge is 2.20. The largest absolute Gasteiger partial charge is 0.439 e. The molecule has 0 aliphatic heterocycles. The summed E-state index contributed by atoms with van der Waals surface area (Å²) in [5.74, 6) is -0.889. The highest BCUT2D eigenvalue weighted by atomic mass is 19.1. The number of rotatable bonds is 3. The van der Waals surface area contributed by atoms with Crippen molar-refractivity contribution in [1.29, 1.82) is 0 Å². The average Bonchev–Trinajstić information content (AvgIpc) is 2.79. The lowest BCUT2D eigenvalue weighted by Crippen LogP contribution is -2.16. The van der Waals surface area contributed by atoms with Gasteiger partial charge in [0.2, 0.25) is 11.3 Å². The minimum atomic E-state index is -0.500. The minimum Gasteiger partial charge on any atom is -0.439 e. The molecule has 1 N–H and O–H groups in total. The van der Waals surface area contributed by atoms with Crippen LogP contribution in [-0.4, -0.2) is 5.91 Å². The number of nitrogens with one attached hydrogen (secondary N) is 1. The Morgan fingerprint density at radius 3 is 2.26 bits per heavy atom. The molecule has 0 bridgehead atoms. The van der Waals surface area contributed by atoms with E-state index in [4.69, 9.17) is 4.42 Å². The number of hydrogen-bond acceptors (Lipinski definition) is 3. The van der Waals surface area contributed by atoms with Crippen LogP contribution in [0, 0.1) is 5.82 Å². The smallest absolute Gasteiger partial charge is 0.257 e. The zero-order chi connectivity index (χ0) is 21.4. The number of carbonyl (C=O) groups excluding carboxylic acids is 1. The molecule has 0 atom stereocenters. The predicted octanol–water partition coefficient (Wildman–Crippen LogP) is 6.00. The van der Waals surface area contributed by atoms with Crippen LogP contribution >= 0.6 is 0 Å². The van der Waals surface area contributed by atoms with Gasteiger partial charge in [0.25, 0.3) is 5.91 Å². The van der Waals surface area contributed by atoms with Crippen molar-refractivity contribution in [1.82, 2.24) is 0 Å². The summed E-state index contributed by atoms with van der Waals surface area (Å²) in [5, 5.41) is 4.96. The van der Waals surface area contributed by atoms with E-state index in [9.17, 15) is 14.0 Å². The summed E-state index contributed by atoms with van der Waals surface area (Å²) in [7, 11) is 0. The molecule has 31 heavy (non-hydrogen) atoms. The van der Waals surface area contributed by atoms with Gasteiger partial charge < -0.3 is 4.42 Å². The van der Waals surface area contributed by atoms with Gasteiger partial charge in [-0.2, -0.15) is 0 Å². The summed E-state index contributed by atoms with van der Waals surface area (Å²) in [6, 6.07) is 25.4. The maximum Gasteiger partial charge on any atom is 0.257 e. The molecule has 5 aromatic rings. The van der Waals surface area contributed by atoms with E-state index in [0.29, 0.717) is 16.5 Å². The quantitative estimate of drug-likeness (QED) is 0.397. The van der Waals surface area contributed by atoms with Crippen LogP contribution in [0.1, 0.15) is 10.4 Å². The van der Waals surface area contributed by atoms with E-state index in [1.807, 2.05) is 42.5 Å². The summed E-state index contributed by atoms with van der Waals surface area (Å²) in [4.78, 5) is 26.3. The monoisotopic (exact) mass is 409 g/mol. The fourth-order valence-corrected chi connectivity index (χ4v) is 3.69. The maximum absolute atomic E-state index is 13.5. The topological polar surface area (TPSA) is 59.3 Å². The predicted molar refractivity (Wildman–Crippen MR) is 120 cm³/mol.